The molecule has 0 radical (unpaired) electrons. The Labute approximate surface area is 172 Å². The SMILES string of the molecule is COc1ccc(C)cc1S(=O)(=O)NCCn1nc(-c2cccs2)n(C2CC2)c1=O. The molecule has 10 heteroatoms. The van der Waals surface area contributed by atoms with E-state index in [1.165, 1.54) is 23.1 Å². The molecule has 0 aliphatic heterocycles. The fourth-order valence-electron chi connectivity index (χ4n) is 3.16. The topological polar surface area (TPSA) is 95.2 Å². The third-order valence-corrected chi connectivity index (χ3v) is 7.10. The largest absolute Gasteiger partial charge is 0.495 e. The smallest absolute Gasteiger partial charge is 0.346 e. The van der Waals surface area contributed by atoms with Crippen LogP contribution < -0.4 is 15.1 Å². The molecule has 1 saturated carbocycles. The van der Waals surface area contributed by atoms with Gasteiger partial charge in [0.1, 0.15) is 10.6 Å². The van der Waals surface area contributed by atoms with Crippen molar-refractivity contribution < 1.29 is 13.2 Å². The molecule has 1 fully saturated rings. The molecule has 1 N–H and O–H groups in total. The summed E-state index contributed by atoms with van der Waals surface area (Å²) in [5.74, 6) is 0.925. The molecule has 4 rings (SSSR count). The number of ether oxygens (including phenoxy) is 1. The van der Waals surface area contributed by atoms with Gasteiger partial charge in [0.15, 0.2) is 5.82 Å². The Morgan fingerprint density at radius 3 is 2.76 bits per heavy atom. The van der Waals surface area contributed by atoms with Crippen LogP contribution >= 0.6 is 11.3 Å². The number of aromatic nitrogens is 3. The summed E-state index contributed by atoms with van der Waals surface area (Å²) in [7, 11) is -2.35. The van der Waals surface area contributed by atoms with Crippen LogP contribution in [0.1, 0.15) is 24.4 Å². The van der Waals surface area contributed by atoms with Gasteiger partial charge in [0.05, 0.1) is 18.5 Å². The molecular formula is C19H22N4O4S2. The number of thiophene rings is 1. The number of hydrogen-bond donors (Lipinski definition) is 1. The van der Waals surface area contributed by atoms with Gasteiger partial charge in [0.25, 0.3) is 0 Å². The molecule has 0 unspecified atom stereocenters. The number of nitrogens with one attached hydrogen (secondary N) is 1. The summed E-state index contributed by atoms with van der Waals surface area (Å²) in [4.78, 5) is 13.8. The molecule has 154 valence electrons. The van der Waals surface area contributed by atoms with Gasteiger partial charge in [-0.2, -0.15) is 0 Å². The predicted octanol–water partition coefficient (Wildman–Crippen LogP) is 2.40. The Morgan fingerprint density at radius 1 is 1.31 bits per heavy atom. The Kier molecular flexibility index (Phi) is 5.32. The number of rotatable bonds is 8. The lowest BCUT2D eigenvalue weighted by Crippen LogP contribution is -2.32. The lowest BCUT2D eigenvalue weighted by atomic mass is 10.2. The maximum absolute atomic E-state index is 12.8. The van der Waals surface area contributed by atoms with Gasteiger partial charge in [0, 0.05) is 12.6 Å². The third kappa shape index (κ3) is 4.00. The first-order chi connectivity index (χ1) is 13.9. The lowest BCUT2D eigenvalue weighted by Gasteiger charge is -2.11. The average molecular weight is 435 g/mol. The third-order valence-electron chi connectivity index (χ3n) is 4.75. The Balaban J connectivity index is 1.54. The van der Waals surface area contributed by atoms with Crippen LogP contribution in [0.25, 0.3) is 10.7 Å². The summed E-state index contributed by atoms with van der Waals surface area (Å²) in [6.45, 7) is 2.00. The normalized spacial score (nSPS) is 14.3. The molecule has 1 aliphatic carbocycles. The van der Waals surface area contributed by atoms with Crippen LogP contribution in [0, 0.1) is 6.92 Å². The van der Waals surface area contributed by atoms with E-state index in [0.717, 1.165) is 23.3 Å². The highest BCUT2D eigenvalue weighted by atomic mass is 32.2. The summed E-state index contributed by atoms with van der Waals surface area (Å²) in [5.41, 5.74) is 0.606. The first-order valence-corrected chi connectivity index (χ1v) is 11.6. The molecule has 1 aromatic carbocycles. The zero-order valence-corrected chi connectivity index (χ0v) is 17.8. The summed E-state index contributed by atoms with van der Waals surface area (Å²) in [5, 5.41) is 6.42. The van der Waals surface area contributed by atoms with E-state index < -0.39 is 10.0 Å². The van der Waals surface area contributed by atoms with Crippen molar-refractivity contribution in [3.8, 4) is 16.5 Å². The van der Waals surface area contributed by atoms with Crippen LogP contribution in [0.15, 0.2) is 45.4 Å². The van der Waals surface area contributed by atoms with Gasteiger partial charge in [-0.1, -0.05) is 12.1 Å². The molecule has 29 heavy (non-hydrogen) atoms. The number of sulfonamides is 1. The zero-order chi connectivity index (χ0) is 20.6. The van der Waals surface area contributed by atoms with E-state index >= 15 is 0 Å². The molecule has 1 aliphatic rings. The van der Waals surface area contributed by atoms with Crippen molar-refractivity contribution in [2.45, 2.75) is 37.2 Å². The number of methoxy groups -OCH3 is 1. The van der Waals surface area contributed by atoms with Gasteiger partial charge in [-0.3, -0.25) is 4.57 Å². The van der Waals surface area contributed by atoms with E-state index in [1.807, 2.05) is 24.4 Å². The van der Waals surface area contributed by atoms with Crippen LogP contribution in [-0.2, 0) is 16.6 Å². The lowest BCUT2D eigenvalue weighted by molar-refractivity contribution is 0.402. The molecule has 0 bridgehead atoms. The van der Waals surface area contributed by atoms with Crippen molar-refractivity contribution in [3.63, 3.8) is 0 Å². The van der Waals surface area contributed by atoms with E-state index in [2.05, 4.69) is 9.82 Å². The van der Waals surface area contributed by atoms with Gasteiger partial charge in [-0.25, -0.2) is 22.6 Å². The van der Waals surface area contributed by atoms with Crippen LogP contribution in [0.2, 0.25) is 0 Å². The van der Waals surface area contributed by atoms with E-state index in [0.29, 0.717) is 5.82 Å². The minimum atomic E-state index is -3.78. The van der Waals surface area contributed by atoms with Crippen LogP contribution in [0.5, 0.6) is 5.75 Å². The first kappa shape index (κ1) is 19.9. The van der Waals surface area contributed by atoms with E-state index in [4.69, 9.17) is 4.74 Å². The summed E-state index contributed by atoms with van der Waals surface area (Å²) >= 11 is 1.53. The van der Waals surface area contributed by atoms with Crippen molar-refractivity contribution in [1.82, 2.24) is 19.1 Å². The van der Waals surface area contributed by atoms with Crippen LogP contribution in [0.4, 0.5) is 0 Å². The number of hydrogen-bond acceptors (Lipinski definition) is 6. The molecule has 3 aromatic rings. The summed E-state index contributed by atoms with van der Waals surface area (Å²) < 4.78 is 36.2. The molecular weight excluding hydrogens is 412 g/mol. The van der Waals surface area contributed by atoms with Gasteiger partial charge in [0.2, 0.25) is 10.0 Å². The fourth-order valence-corrected chi connectivity index (χ4v) is 5.14. The zero-order valence-electron chi connectivity index (χ0n) is 16.2. The quantitative estimate of drug-likeness (QED) is 0.587. The van der Waals surface area contributed by atoms with Gasteiger partial charge < -0.3 is 4.74 Å². The second-order valence-corrected chi connectivity index (χ2v) is 9.64. The fraction of sp³-hybridized carbons (Fsp3) is 0.368. The number of aryl methyl sites for hydroxylation is 1. The monoisotopic (exact) mass is 434 g/mol. The molecule has 2 aromatic heterocycles. The second kappa shape index (κ2) is 7.77. The number of nitrogens with zero attached hydrogens (tertiary/aromatic N) is 3. The minimum absolute atomic E-state index is 0.0465. The molecule has 0 spiro atoms. The number of benzene rings is 1. The van der Waals surface area contributed by atoms with Gasteiger partial charge >= 0.3 is 5.69 Å². The average Bonchev–Trinajstić information content (AvgIpc) is 3.27. The summed E-state index contributed by atoms with van der Waals surface area (Å²) in [6.07, 6.45) is 1.92. The Bertz CT molecular complexity index is 1180. The molecule has 0 atom stereocenters. The van der Waals surface area contributed by atoms with E-state index in [-0.39, 0.29) is 35.5 Å². The molecule has 2 heterocycles. The van der Waals surface area contributed by atoms with Crippen molar-refractivity contribution >= 4 is 21.4 Å². The Morgan fingerprint density at radius 2 is 2.10 bits per heavy atom. The molecule has 0 amide bonds. The van der Waals surface area contributed by atoms with Gasteiger partial charge in [-0.05, 0) is 48.9 Å². The molecule has 8 nitrogen and oxygen atoms in total. The minimum Gasteiger partial charge on any atom is -0.495 e. The molecule has 0 saturated heterocycles. The standard InChI is InChI=1S/C19H22N4O4S2/c1-13-5-8-15(27-2)17(12-13)29(25,26)20-9-10-22-19(24)23(14-6-7-14)18(21-22)16-4-3-11-28-16/h3-5,8,11-12,14,20H,6-7,9-10H2,1-2H3. The van der Waals surface area contributed by atoms with Crippen molar-refractivity contribution in [2.24, 2.45) is 0 Å². The van der Waals surface area contributed by atoms with E-state index in [1.54, 1.807) is 22.8 Å². The van der Waals surface area contributed by atoms with Crippen molar-refractivity contribution in [2.75, 3.05) is 13.7 Å². The highest BCUT2D eigenvalue weighted by molar-refractivity contribution is 7.89. The highest BCUT2D eigenvalue weighted by Crippen LogP contribution is 2.37. The first-order valence-electron chi connectivity index (χ1n) is 9.28. The summed E-state index contributed by atoms with van der Waals surface area (Å²) in [6, 6.07) is 9.01. The second-order valence-electron chi connectivity index (χ2n) is 6.96. The highest BCUT2D eigenvalue weighted by Gasteiger charge is 2.30. The predicted molar refractivity (Wildman–Crippen MR) is 111 cm³/mol. The van der Waals surface area contributed by atoms with Crippen molar-refractivity contribution in [1.29, 1.82) is 0 Å². The van der Waals surface area contributed by atoms with Crippen LogP contribution in [-0.4, -0.2) is 36.4 Å². The van der Waals surface area contributed by atoms with Crippen LogP contribution in [0.3, 0.4) is 0 Å². The van der Waals surface area contributed by atoms with Crippen molar-refractivity contribution in [3.05, 3.63) is 51.8 Å². The van der Waals surface area contributed by atoms with Gasteiger partial charge in [-0.15, -0.1) is 16.4 Å². The van der Waals surface area contributed by atoms with E-state index in [9.17, 15) is 13.2 Å². The maximum atomic E-state index is 12.8. The maximum Gasteiger partial charge on any atom is 0.346 e. The Hall–Kier alpha value is -2.43.